The van der Waals surface area contributed by atoms with Crippen LogP contribution in [0.5, 0.6) is 0 Å². The Kier molecular flexibility index (Phi) is 33.6. The molecule has 0 saturated carbocycles. The van der Waals surface area contributed by atoms with E-state index in [1.165, 1.54) is 43.8 Å². The SMILES string of the molecule is Br.Br.Br.Br.Cc1cccc(C)c1.Cc1ccccc1C.N[C@@H](CSSC[C@H](N)C(=O)O)C(=O)O. The predicted molar refractivity (Wildman–Crippen MR) is 169 cm³/mol. The Morgan fingerprint density at radius 1 is 0.706 bits per heavy atom. The van der Waals surface area contributed by atoms with E-state index in [0.717, 1.165) is 0 Å². The fraction of sp³-hybridized carbons (Fsp3) is 0.364. The van der Waals surface area contributed by atoms with E-state index in [1.807, 2.05) is 0 Å². The van der Waals surface area contributed by atoms with Crippen LogP contribution in [0.2, 0.25) is 0 Å². The van der Waals surface area contributed by atoms with Gasteiger partial charge in [0.05, 0.1) is 0 Å². The highest BCUT2D eigenvalue weighted by atomic mass is 79.9. The van der Waals surface area contributed by atoms with Gasteiger partial charge in [-0.3, -0.25) is 9.59 Å². The molecule has 2 rings (SSSR count). The molecule has 0 aromatic heterocycles. The molecule has 2 aromatic rings. The first-order valence-electron chi connectivity index (χ1n) is 9.31. The third-order valence-corrected chi connectivity index (χ3v) is 6.29. The van der Waals surface area contributed by atoms with Gasteiger partial charge in [0.15, 0.2) is 0 Å². The quantitative estimate of drug-likeness (QED) is 0.196. The van der Waals surface area contributed by atoms with E-state index in [1.54, 1.807) is 0 Å². The van der Waals surface area contributed by atoms with Crippen LogP contribution < -0.4 is 11.5 Å². The fourth-order valence-corrected chi connectivity index (χ4v) is 4.08. The molecule has 0 spiro atoms. The van der Waals surface area contributed by atoms with Gasteiger partial charge in [-0.15, -0.1) is 67.9 Å². The summed E-state index contributed by atoms with van der Waals surface area (Å²) in [4.78, 5) is 20.5. The molecule has 34 heavy (non-hydrogen) atoms. The topological polar surface area (TPSA) is 127 Å². The number of aliphatic carboxylic acids is 2. The molecule has 0 bridgehead atoms. The first-order valence-corrected chi connectivity index (χ1v) is 11.8. The zero-order valence-electron chi connectivity index (χ0n) is 19.5. The van der Waals surface area contributed by atoms with Crippen LogP contribution in [0.3, 0.4) is 0 Å². The van der Waals surface area contributed by atoms with Crippen molar-refractivity contribution < 1.29 is 19.8 Å². The molecule has 198 valence electrons. The van der Waals surface area contributed by atoms with E-state index in [0.29, 0.717) is 0 Å². The second kappa shape index (κ2) is 26.0. The normalized spacial score (nSPS) is 10.4. The van der Waals surface area contributed by atoms with Crippen molar-refractivity contribution in [2.75, 3.05) is 11.5 Å². The van der Waals surface area contributed by atoms with Crippen molar-refractivity contribution in [3.8, 4) is 0 Å². The van der Waals surface area contributed by atoms with Gasteiger partial charge in [-0.1, -0.05) is 81.2 Å². The Morgan fingerprint density at radius 3 is 1.24 bits per heavy atom. The lowest BCUT2D eigenvalue weighted by Gasteiger charge is -2.07. The summed E-state index contributed by atoms with van der Waals surface area (Å²) in [7, 11) is 2.41. The lowest BCUT2D eigenvalue weighted by atomic mass is 10.1. The number of hydrogen-bond acceptors (Lipinski definition) is 6. The number of hydrogen-bond donors (Lipinski definition) is 4. The van der Waals surface area contributed by atoms with Crippen molar-refractivity contribution in [2.24, 2.45) is 11.5 Å². The number of carboxylic acids is 2. The highest BCUT2D eigenvalue weighted by molar-refractivity contribution is 8.93. The number of benzene rings is 2. The highest BCUT2D eigenvalue weighted by Gasteiger charge is 2.14. The summed E-state index contributed by atoms with van der Waals surface area (Å²) in [5, 5.41) is 16.8. The second-order valence-electron chi connectivity index (χ2n) is 6.70. The van der Waals surface area contributed by atoms with Crippen molar-refractivity contribution in [1.29, 1.82) is 0 Å². The van der Waals surface area contributed by atoms with Gasteiger partial charge in [-0.05, 0) is 38.8 Å². The molecule has 12 heteroatoms. The lowest BCUT2D eigenvalue weighted by Crippen LogP contribution is -2.33. The smallest absolute Gasteiger partial charge is 0.321 e. The minimum absolute atomic E-state index is 0. The Morgan fingerprint density at radius 2 is 1.03 bits per heavy atom. The fourth-order valence-electron chi connectivity index (χ4n) is 1.86. The van der Waals surface area contributed by atoms with E-state index in [-0.39, 0.29) is 79.4 Å². The third kappa shape index (κ3) is 23.7. The van der Waals surface area contributed by atoms with E-state index in [4.69, 9.17) is 21.7 Å². The summed E-state index contributed by atoms with van der Waals surface area (Å²) < 4.78 is 0. The van der Waals surface area contributed by atoms with E-state index >= 15 is 0 Å². The molecule has 0 fully saturated rings. The minimum Gasteiger partial charge on any atom is -0.480 e. The summed E-state index contributed by atoms with van der Waals surface area (Å²) in [5.74, 6) is -1.68. The Bertz CT molecular complexity index is 745. The van der Waals surface area contributed by atoms with Gasteiger partial charge in [0.2, 0.25) is 0 Å². The van der Waals surface area contributed by atoms with Gasteiger partial charge >= 0.3 is 11.9 Å². The van der Waals surface area contributed by atoms with Crippen LogP contribution in [0.25, 0.3) is 0 Å². The monoisotopic (exact) mass is 772 g/mol. The maximum atomic E-state index is 10.3. The number of rotatable bonds is 7. The largest absolute Gasteiger partial charge is 0.480 e. The van der Waals surface area contributed by atoms with Crippen LogP contribution in [-0.4, -0.2) is 45.7 Å². The lowest BCUT2D eigenvalue weighted by molar-refractivity contribution is -0.138. The van der Waals surface area contributed by atoms with Crippen molar-refractivity contribution in [3.05, 3.63) is 70.8 Å². The minimum atomic E-state index is -1.07. The van der Waals surface area contributed by atoms with Gasteiger partial charge in [-0.2, -0.15) is 0 Å². The molecule has 0 aliphatic carbocycles. The molecular formula is C22H36Br4N2O4S2. The molecule has 0 aliphatic heterocycles. The standard InChI is InChI=1S/2C8H10.C6H12N2O4S2.4BrH/c1-7-4-3-5-8(2)6-7;1-7-5-3-4-6-8(7)2;7-3(5(9)10)1-13-14-2-4(8)6(11)12;;;;/h2*3-6H,1-2H3;3-4H,1-2,7-8H2,(H,9,10)(H,11,12);4*1H/t;;3-,4-;;;;/m..0..../s1. The van der Waals surface area contributed by atoms with E-state index < -0.39 is 24.0 Å². The first-order chi connectivity index (χ1) is 14.0. The maximum absolute atomic E-state index is 10.3. The zero-order chi connectivity index (χ0) is 23.1. The number of nitrogens with two attached hydrogens (primary N) is 2. The van der Waals surface area contributed by atoms with Crippen molar-refractivity contribution >= 4 is 101 Å². The average Bonchev–Trinajstić information content (AvgIpc) is 2.67. The molecule has 0 saturated heterocycles. The number of carboxylic acid groups (broad SMARTS) is 2. The van der Waals surface area contributed by atoms with Crippen LogP contribution in [0.15, 0.2) is 48.5 Å². The molecule has 0 aliphatic rings. The summed E-state index contributed by atoms with van der Waals surface area (Å²) in [6.07, 6.45) is 0. The summed E-state index contributed by atoms with van der Waals surface area (Å²) in [6, 6.07) is 15.0. The van der Waals surface area contributed by atoms with Crippen molar-refractivity contribution in [1.82, 2.24) is 0 Å². The number of aryl methyl sites for hydroxylation is 4. The first kappa shape index (κ1) is 44.0. The summed E-state index contributed by atoms with van der Waals surface area (Å²) >= 11 is 0. The summed E-state index contributed by atoms with van der Waals surface area (Å²) in [6.45, 7) is 8.45. The molecule has 6 nitrogen and oxygen atoms in total. The number of halogens is 4. The van der Waals surface area contributed by atoms with Gasteiger partial charge < -0.3 is 21.7 Å². The van der Waals surface area contributed by atoms with E-state index in [2.05, 4.69) is 76.2 Å². The van der Waals surface area contributed by atoms with Crippen LogP contribution in [0, 0.1) is 27.7 Å². The van der Waals surface area contributed by atoms with Gasteiger partial charge in [0.1, 0.15) is 12.1 Å². The Labute approximate surface area is 252 Å². The molecule has 0 heterocycles. The van der Waals surface area contributed by atoms with Gasteiger partial charge in [0.25, 0.3) is 0 Å². The summed E-state index contributed by atoms with van der Waals surface area (Å²) in [5.41, 5.74) is 15.8. The number of carbonyl (C=O) groups is 2. The van der Waals surface area contributed by atoms with Crippen LogP contribution in [0.1, 0.15) is 22.3 Å². The Balaban J connectivity index is -0.000000122. The second-order valence-corrected chi connectivity index (χ2v) is 9.25. The van der Waals surface area contributed by atoms with Gasteiger partial charge in [-0.25, -0.2) is 0 Å². The zero-order valence-corrected chi connectivity index (χ0v) is 28.0. The van der Waals surface area contributed by atoms with Crippen LogP contribution in [-0.2, 0) is 9.59 Å². The van der Waals surface area contributed by atoms with E-state index in [9.17, 15) is 9.59 Å². The molecule has 0 unspecified atom stereocenters. The molecule has 2 aromatic carbocycles. The van der Waals surface area contributed by atoms with Crippen LogP contribution in [0.4, 0.5) is 0 Å². The molecule has 6 N–H and O–H groups in total. The third-order valence-electron chi connectivity index (χ3n) is 3.81. The molecule has 0 radical (unpaired) electrons. The molecule has 2 atom stereocenters. The van der Waals surface area contributed by atoms with Gasteiger partial charge in [0, 0.05) is 11.5 Å². The molecule has 0 amide bonds. The predicted octanol–water partition coefficient (Wildman–Crippen LogP) is 6.11. The highest BCUT2D eigenvalue weighted by Crippen LogP contribution is 2.22. The molecular weight excluding hydrogens is 740 g/mol. The maximum Gasteiger partial charge on any atom is 0.321 e. The van der Waals surface area contributed by atoms with Crippen LogP contribution >= 0.6 is 89.5 Å². The Hall–Kier alpha value is -0.0800. The van der Waals surface area contributed by atoms with Crippen molar-refractivity contribution in [2.45, 2.75) is 39.8 Å². The average molecular weight is 776 g/mol. The van der Waals surface area contributed by atoms with Crippen molar-refractivity contribution in [3.63, 3.8) is 0 Å².